The van der Waals surface area contributed by atoms with Gasteiger partial charge in [0.2, 0.25) is 0 Å². The van der Waals surface area contributed by atoms with E-state index in [1.165, 1.54) is 0 Å². The quantitative estimate of drug-likeness (QED) is 0.310. The van der Waals surface area contributed by atoms with Crippen molar-refractivity contribution in [1.82, 2.24) is 0 Å². The molecular weight excluding hydrogens is 256 g/mol. The summed E-state index contributed by atoms with van der Waals surface area (Å²) in [6.45, 7) is -1.32. The minimum Gasteiger partial charge on any atom is -0.393 e. The molecular formula is C12H24O7. The molecule has 0 aliphatic heterocycles. The summed E-state index contributed by atoms with van der Waals surface area (Å²) in [5.74, 6) is 0. The molecule has 19 heavy (non-hydrogen) atoms. The lowest BCUT2D eigenvalue weighted by Crippen LogP contribution is -2.44. The van der Waals surface area contributed by atoms with Gasteiger partial charge in [-0.3, -0.25) is 0 Å². The molecule has 0 aromatic carbocycles. The second-order valence-corrected chi connectivity index (χ2v) is 5.11. The molecule has 5 N–H and O–H groups in total. The largest absolute Gasteiger partial charge is 0.393 e. The van der Waals surface area contributed by atoms with Gasteiger partial charge in [-0.05, 0) is 19.3 Å². The Morgan fingerprint density at radius 3 is 2.42 bits per heavy atom. The zero-order valence-corrected chi connectivity index (χ0v) is 11.0. The highest BCUT2D eigenvalue weighted by Gasteiger charge is 2.41. The Morgan fingerprint density at radius 1 is 1.16 bits per heavy atom. The summed E-state index contributed by atoms with van der Waals surface area (Å²) in [4.78, 5) is 0. The lowest BCUT2D eigenvalue weighted by Gasteiger charge is -2.28. The van der Waals surface area contributed by atoms with Crippen molar-refractivity contribution in [2.45, 2.75) is 36.6 Å². The van der Waals surface area contributed by atoms with E-state index in [0.717, 1.165) is 6.42 Å². The van der Waals surface area contributed by atoms with Gasteiger partial charge in [-0.1, -0.05) is 0 Å². The second-order valence-electron chi connectivity index (χ2n) is 5.11. The molecule has 1 aliphatic rings. The van der Waals surface area contributed by atoms with Gasteiger partial charge in [0.15, 0.2) is 0 Å². The molecule has 1 aliphatic carbocycles. The van der Waals surface area contributed by atoms with Crippen LogP contribution in [0.1, 0.15) is 19.3 Å². The Labute approximate surface area is 112 Å². The van der Waals surface area contributed by atoms with Crippen molar-refractivity contribution in [2.24, 2.45) is 0 Å². The standard InChI is InChI=1S/C12H24O7/c13-6-11(16,7-14)9-18-4-5-19-10-2-1-3-12(10,17)8-15/h10,13-17H,1-9H2. The maximum absolute atomic E-state index is 10.00. The minimum atomic E-state index is -1.64. The van der Waals surface area contributed by atoms with Gasteiger partial charge >= 0.3 is 0 Å². The highest BCUT2D eigenvalue weighted by molar-refractivity contribution is 4.93. The number of ether oxygens (including phenoxy) is 2. The summed E-state index contributed by atoms with van der Waals surface area (Å²) in [6, 6.07) is 0. The molecule has 2 unspecified atom stereocenters. The van der Waals surface area contributed by atoms with Crippen LogP contribution in [0.2, 0.25) is 0 Å². The summed E-state index contributed by atoms with van der Waals surface area (Å²) in [5.41, 5.74) is -2.81. The molecule has 0 aromatic rings. The summed E-state index contributed by atoms with van der Waals surface area (Å²) in [7, 11) is 0. The number of aliphatic hydroxyl groups is 5. The second kappa shape index (κ2) is 7.49. The molecule has 1 rings (SSSR count). The van der Waals surface area contributed by atoms with Crippen LogP contribution in [0.15, 0.2) is 0 Å². The van der Waals surface area contributed by atoms with E-state index in [2.05, 4.69) is 0 Å². The molecule has 0 radical (unpaired) electrons. The third kappa shape index (κ3) is 4.64. The van der Waals surface area contributed by atoms with Gasteiger partial charge < -0.3 is 35.0 Å². The first-order chi connectivity index (χ1) is 8.99. The highest BCUT2D eigenvalue weighted by atomic mass is 16.5. The summed E-state index contributed by atoms with van der Waals surface area (Å²) in [6.07, 6.45) is 1.60. The molecule has 0 bridgehead atoms. The molecule has 0 saturated heterocycles. The van der Waals surface area contributed by atoms with Crippen molar-refractivity contribution in [2.75, 3.05) is 39.6 Å². The van der Waals surface area contributed by atoms with E-state index < -0.39 is 30.5 Å². The summed E-state index contributed by atoms with van der Waals surface area (Å²) >= 11 is 0. The molecule has 114 valence electrons. The average molecular weight is 280 g/mol. The average Bonchev–Trinajstić information content (AvgIpc) is 2.80. The lowest BCUT2D eigenvalue weighted by atomic mass is 10.0. The number of rotatable bonds is 9. The highest BCUT2D eigenvalue weighted by Crippen LogP contribution is 2.31. The zero-order chi connectivity index (χ0) is 14.4. The van der Waals surface area contributed by atoms with Gasteiger partial charge in [0.05, 0.1) is 45.7 Å². The SMILES string of the molecule is OCC(O)(CO)COCCOC1CCCC1(O)CO. The predicted octanol–water partition coefficient (Wildman–Crippen LogP) is -1.99. The van der Waals surface area contributed by atoms with Crippen molar-refractivity contribution in [3.8, 4) is 0 Å². The van der Waals surface area contributed by atoms with Crippen LogP contribution in [0.5, 0.6) is 0 Å². The van der Waals surface area contributed by atoms with Gasteiger partial charge in [-0.2, -0.15) is 0 Å². The number of hydrogen-bond donors (Lipinski definition) is 5. The molecule has 2 atom stereocenters. The monoisotopic (exact) mass is 280 g/mol. The van der Waals surface area contributed by atoms with Crippen LogP contribution in [-0.2, 0) is 9.47 Å². The fourth-order valence-electron chi connectivity index (χ4n) is 2.10. The Morgan fingerprint density at radius 2 is 1.84 bits per heavy atom. The van der Waals surface area contributed by atoms with Gasteiger partial charge in [-0.15, -0.1) is 0 Å². The Balaban J connectivity index is 2.18. The van der Waals surface area contributed by atoms with Crippen LogP contribution in [-0.4, -0.2) is 82.5 Å². The van der Waals surface area contributed by atoms with Crippen LogP contribution in [0, 0.1) is 0 Å². The Kier molecular flexibility index (Phi) is 6.61. The normalized spacial score (nSPS) is 27.9. The molecule has 0 spiro atoms. The first-order valence-electron chi connectivity index (χ1n) is 6.46. The zero-order valence-electron chi connectivity index (χ0n) is 11.0. The van der Waals surface area contributed by atoms with Gasteiger partial charge in [0, 0.05) is 0 Å². The molecule has 7 heteroatoms. The fourth-order valence-corrected chi connectivity index (χ4v) is 2.10. The summed E-state index contributed by atoms with van der Waals surface area (Å²) < 4.78 is 10.6. The van der Waals surface area contributed by atoms with Crippen molar-refractivity contribution < 1.29 is 35.0 Å². The van der Waals surface area contributed by atoms with Crippen molar-refractivity contribution in [3.05, 3.63) is 0 Å². The minimum absolute atomic E-state index is 0.167. The van der Waals surface area contributed by atoms with Crippen LogP contribution >= 0.6 is 0 Å². The van der Waals surface area contributed by atoms with Crippen molar-refractivity contribution in [1.29, 1.82) is 0 Å². The third-order valence-corrected chi connectivity index (χ3v) is 3.46. The first kappa shape index (κ1) is 16.8. The topological polar surface area (TPSA) is 120 Å². The van der Waals surface area contributed by atoms with Crippen molar-refractivity contribution >= 4 is 0 Å². The van der Waals surface area contributed by atoms with Crippen LogP contribution in [0.4, 0.5) is 0 Å². The van der Waals surface area contributed by atoms with Crippen LogP contribution in [0.25, 0.3) is 0 Å². The fraction of sp³-hybridized carbons (Fsp3) is 1.00. The Bertz CT molecular complexity index is 256. The van der Waals surface area contributed by atoms with E-state index in [-0.39, 0.29) is 26.4 Å². The van der Waals surface area contributed by atoms with E-state index in [1.807, 2.05) is 0 Å². The maximum atomic E-state index is 10.00. The maximum Gasteiger partial charge on any atom is 0.134 e. The summed E-state index contributed by atoms with van der Waals surface area (Å²) in [5, 5.41) is 46.3. The predicted molar refractivity (Wildman–Crippen MR) is 65.6 cm³/mol. The van der Waals surface area contributed by atoms with Crippen molar-refractivity contribution in [3.63, 3.8) is 0 Å². The first-order valence-corrected chi connectivity index (χ1v) is 6.46. The van der Waals surface area contributed by atoms with E-state index in [9.17, 15) is 10.2 Å². The van der Waals surface area contributed by atoms with E-state index in [1.54, 1.807) is 0 Å². The van der Waals surface area contributed by atoms with Crippen LogP contribution in [0.3, 0.4) is 0 Å². The van der Waals surface area contributed by atoms with Gasteiger partial charge in [0.1, 0.15) is 11.2 Å². The molecule has 1 fully saturated rings. The Hall–Kier alpha value is -0.280. The van der Waals surface area contributed by atoms with E-state index in [0.29, 0.717) is 12.8 Å². The molecule has 0 aromatic heterocycles. The molecule has 0 heterocycles. The smallest absolute Gasteiger partial charge is 0.134 e. The third-order valence-electron chi connectivity index (χ3n) is 3.46. The van der Waals surface area contributed by atoms with Gasteiger partial charge in [0.25, 0.3) is 0 Å². The molecule has 1 saturated carbocycles. The van der Waals surface area contributed by atoms with Crippen LogP contribution < -0.4 is 0 Å². The van der Waals surface area contributed by atoms with Gasteiger partial charge in [-0.25, -0.2) is 0 Å². The molecule has 0 amide bonds. The molecule has 7 nitrogen and oxygen atoms in total. The van der Waals surface area contributed by atoms with E-state index in [4.69, 9.17) is 24.8 Å². The number of aliphatic hydroxyl groups excluding tert-OH is 3. The lowest BCUT2D eigenvalue weighted by molar-refractivity contribution is -0.135. The number of hydrogen-bond acceptors (Lipinski definition) is 7. The van der Waals surface area contributed by atoms with E-state index >= 15 is 0 Å².